The van der Waals surface area contributed by atoms with Crippen molar-refractivity contribution in [3.8, 4) is 0 Å². The van der Waals surface area contributed by atoms with Crippen LogP contribution in [0.5, 0.6) is 0 Å². The van der Waals surface area contributed by atoms with E-state index in [0.29, 0.717) is 0 Å². The summed E-state index contributed by atoms with van der Waals surface area (Å²) >= 11 is 8.45. The molecule has 0 bridgehead atoms. The van der Waals surface area contributed by atoms with Crippen molar-refractivity contribution in [2.75, 3.05) is 6.54 Å². The lowest BCUT2D eigenvalue weighted by atomic mass is 10.4. The first kappa shape index (κ1) is 12.2. The Bertz CT molecular complexity index is 316. The van der Waals surface area contributed by atoms with E-state index in [9.17, 15) is 0 Å². The van der Waals surface area contributed by atoms with Crippen LogP contribution in [0.2, 0.25) is 0 Å². The number of hydrogen-bond donors (Lipinski definition) is 2. The molecule has 3 N–H and O–H groups in total. The summed E-state index contributed by atoms with van der Waals surface area (Å²) in [6, 6.07) is 1.99. The number of nitrogens with zero attached hydrogens (tertiary/aromatic N) is 1. The number of amidine groups is 1. The highest BCUT2D eigenvalue weighted by atomic mass is 79.9. The fourth-order valence-electron chi connectivity index (χ4n) is 0.882. The summed E-state index contributed by atoms with van der Waals surface area (Å²) in [6.07, 6.45) is 1.01. The quantitative estimate of drug-likeness (QED) is 0.384. The maximum Gasteiger partial charge on any atom is 0.152 e. The molecule has 1 heterocycles. The van der Waals surface area contributed by atoms with Crippen LogP contribution in [0, 0.1) is 0 Å². The normalized spacial score (nSPS) is 11.9. The third-order valence-corrected chi connectivity index (χ3v) is 4.77. The number of nitrogens with one attached hydrogen (secondary N) is 1. The van der Waals surface area contributed by atoms with Crippen molar-refractivity contribution in [3.63, 3.8) is 0 Å². The fraction of sp³-hybridized carbons (Fsp3) is 0.375. The minimum absolute atomic E-state index is 0.739. The second-order valence-electron chi connectivity index (χ2n) is 2.61. The number of hydrogen-bond acceptors (Lipinski definition) is 3. The Labute approximate surface area is 104 Å². The van der Waals surface area contributed by atoms with E-state index in [2.05, 4.69) is 49.2 Å². The zero-order valence-corrected chi connectivity index (χ0v) is 11.7. The zero-order chi connectivity index (χ0) is 10.6. The monoisotopic (exact) mass is 339 g/mol. The van der Waals surface area contributed by atoms with Crippen LogP contribution in [0.15, 0.2) is 19.3 Å². The number of rotatable bonds is 3. The first-order valence-electron chi connectivity index (χ1n) is 4.15. The van der Waals surface area contributed by atoms with E-state index in [1.807, 2.05) is 6.07 Å². The van der Waals surface area contributed by atoms with Gasteiger partial charge in [-0.3, -0.25) is 4.99 Å². The minimum Gasteiger partial charge on any atom is -0.308 e. The predicted molar refractivity (Wildman–Crippen MR) is 68.7 cm³/mol. The SMILES string of the molecule is CCCN=C(NN)c1cc(Br)c(Br)s1. The Morgan fingerprint density at radius 1 is 1.64 bits per heavy atom. The van der Waals surface area contributed by atoms with Gasteiger partial charge in [0.15, 0.2) is 5.84 Å². The Kier molecular flexibility index (Phi) is 5.08. The van der Waals surface area contributed by atoms with Crippen molar-refractivity contribution >= 4 is 49.0 Å². The Hall–Kier alpha value is 0.0900. The molecule has 0 radical (unpaired) electrons. The van der Waals surface area contributed by atoms with Crippen molar-refractivity contribution in [3.05, 3.63) is 19.2 Å². The minimum atomic E-state index is 0.739. The summed E-state index contributed by atoms with van der Waals surface area (Å²) in [5, 5.41) is 0. The summed E-state index contributed by atoms with van der Waals surface area (Å²) in [4.78, 5) is 5.36. The molecule has 0 amide bonds. The maximum absolute atomic E-state index is 5.40. The van der Waals surface area contributed by atoms with Gasteiger partial charge in [0, 0.05) is 11.0 Å². The largest absolute Gasteiger partial charge is 0.308 e. The van der Waals surface area contributed by atoms with Gasteiger partial charge in [-0.15, -0.1) is 11.3 Å². The summed E-state index contributed by atoms with van der Waals surface area (Å²) in [7, 11) is 0. The smallest absolute Gasteiger partial charge is 0.152 e. The summed E-state index contributed by atoms with van der Waals surface area (Å²) < 4.78 is 2.07. The molecule has 0 aliphatic carbocycles. The molecule has 0 aliphatic heterocycles. The third-order valence-electron chi connectivity index (χ3n) is 1.51. The molecule has 0 saturated carbocycles. The van der Waals surface area contributed by atoms with Gasteiger partial charge in [0.25, 0.3) is 0 Å². The number of halogens is 2. The van der Waals surface area contributed by atoms with Gasteiger partial charge in [-0.25, -0.2) is 5.84 Å². The van der Waals surface area contributed by atoms with Crippen molar-refractivity contribution in [2.45, 2.75) is 13.3 Å². The number of thiophene rings is 1. The van der Waals surface area contributed by atoms with E-state index in [0.717, 1.165) is 31.9 Å². The van der Waals surface area contributed by atoms with Crippen LogP contribution in [0.25, 0.3) is 0 Å². The molecule has 0 fully saturated rings. The molecule has 1 aromatic rings. The van der Waals surface area contributed by atoms with Crippen molar-refractivity contribution in [2.24, 2.45) is 10.8 Å². The molecule has 1 aromatic heterocycles. The molecule has 0 saturated heterocycles. The zero-order valence-electron chi connectivity index (χ0n) is 7.68. The average molecular weight is 341 g/mol. The Morgan fingerprint density at radius 3 is 2.79 bits per heavy atom. The van der Waals surface area contributed by atoms with Crippen molar-refractivity contribution in [1.82, 2.24) is 5.43 Å². The molecule has 0 aliphatic rings. The second-order valence-corrected chi connectivity index (χ2v) is 5.83. The van der Waals surface area contributed by atoms with Gasteiger partial charge in [-0.1, -0.05) is 6.92 Å². The standard InChI is InChI=1S/C8H11Br2N3S/c1-2-3-12-8(13-11)6-4-5(9)7(10)14-6/h4H,2-3,11H2,1H3,(H,12,13). The van der Waals surface area contributed by atoms with Gasteiger partial charge in [0.05, 0.1) is 8.66 Å². The summed E-state index contributed by atoms with van der Waals surface area (Å²) in [6.45, 7) is 2.87. The summed E-state index contributed by atoms with van der Waals surface area (Å²) in [5.41, 5.74) is 2.61. The molecule has 0 aromatic carbocycles. The molecule has 0 spiro atoms. The van der Waals surface area contributed by atoms with Crippen molar-refractivity contribution in [1.29, 1.82) is 0 Å². The molecule has 14 heavy (non-hydrogen) atoms. The van der Waals surface area contributed by atoms with Crippen LogP contribution in [-0.4, -0.2) is 12.4 Å². The molecule has 1 rings (SSSR count). The average Bonchev–Trinajstić information content (AvgIpc) is 2.48. The van der Waals surface area contributed by atoms with Gasteiger partial charge < -0.3 is 5.43 Å². The first-order chi connectivity index (χ1) is 6.69. The topological polar surface area (TPSA) is 50.4 Å². The van der Waals surface area contributed by atoms with E-state index in [4.69, 9.17) is 5.84 Å². The van der Waals surface area contributed by atoms with E-state index in [1.165, 1.54) is 0 Å². The van der Waals surface area contributed by atoms with E-state index in [1.54, 1.807) is 11.3 Å². The van der Waals surface area contributed by atoms with Crippen LogP contribution < -0.4 is 11.3 Å². The lowest BCUT2D eigenvalue weighted by Crippen LogP contribution is -2.30. The first-order valence-corrected chi connectivity index (χ1v) is 6.55. The second kappa shape index (κ2) is 5.85. The van der Waals surface area contributed by atoms with Gasteiger partial charge in [-0.2, -0.15) is 0 Å². The van der Waals surface area contributed by atoms with E-state index < -0.39 is 0 Å². The maximum atomic E-state index is 5.40. The van der Waals surface area contributed by atoms with Crippen LogP contribution in [-0.2, 0) is 0 Å². The van der Waals surface area contributed by atoms with Crippen molar-refractivity contribution < 1.29 is 0 Å². The van der Waals surface area contributed by atoms with Gasteiger partial charge in [0.2, 0.25) is 0 Å². The molecule has 6 heteroatoms. The van der Waals surface area contributed by atoms with Gasteiger partial charge in [-0.05, 0) is 44.3 Å². The predicted octanol–water partition coefficient (Wildman–Crippen LogP) is 2.89. The van der Waals surface area contributed by atoms with Gasteiger partial charge in [0.1, 0.15) is 0 Å². The molecule has 0 unspecified atom stereocenters. The number of aliphatic imine (C=N–C) groups is 1. The lowest BCUT2D eigenvalue weighted by Gasteiger charge is -2.01. The Balaban J connectivity index is 2.89. The van der Waals surface area contributed by atoms with E-state index >= 15 is 0 Å². The van der Waals surface area contributed by atoms with Crippen LogP contribution in [0.3, 0.4) is 0 Å². The van der Waals surface area contributed by atoms with Crippen LogP contribution in [0.4, 0.5) is 0 Å². The molecule has 3 nitrogen and oxygen atoms in total. The van der Waals surface area contributed by atoms with Crippen LogP contribution >= 0.6 is 43.2 Å². The fourth-order valence-corrected chi connectivity index (χ4v) is 2.89. The lowest BCUT2D eigenvalue weighted by molar-refractivity contribution is 0.909. The third kappa shape index (κ3) is 3.05. The molecule has 0 atom stereocenters. The summed E-state index contributed by atoms with van der Waals surface area (Å²) in [5.74, 6) is 6.14. The van der Waals surface area contributed by atoms with Crippen LogP contribution in [0.1, 0.15) is 18.2 Å². The van der Waals surface area contributed by atoms with Gasteiger partial charge >= 0.3 is 0 Å². The highest BCUT2D eigenvalue weighted by Gasteiger charge is 2.08. The number of nitrogens with two attached hydrogens (primary N) is 1. The number of hydrazine groups is 1. The highest BCUT2D eigenvalue weighted by molar-refractivity contribution is 9.13. The molecular weight excluding hydrogens is 330 g/mol. The van der Waals surface area contributed by atoms with E-state index in [-0.39, 0.29) is 0 Å². The molecular formula is C8H11Br2N3S. The Morgan fingerprint density at radius 2 is 2.36 bits per heavy atom. The highest BCUT2D eigenvalue weighted by Crippen LogP contribution is 2.32. The molecule has 78 valence electrons.